The zero-order valence-corrected chi connectivity index (χ0v) is 20.8. The molecule has 2 aliphatic rings. The minimum Gasteiger partial charge on any atom is -0.384 e. The number of anilines is 2. The van der Waals surface area contributed by atoms with E-state index in [-0.39, 0.29) is 11.9 Å². The van der Waals surface area contributed by atoms with Gasteiger partial charge in [0.15, 0.2) is 0 Å². The lowest BCUT2D eigenvalue weighted by molar-refractivity contribution is -0.133. The number of halogens is 1. The Hall–Kier alpha value is -3.59. The normalized spacial score (nSPS) is 18.9. The first-order chi connectivity index (χ1) is 17.5. The van der Waals surface area contributed by atoms with Crippen LogP contribution < -0.4 is 16.0 Å². The molecule has 3 aromatic rings. The van der Waals surface area contributed by atoms with E-state index in [9.17, 15) is 9.59 Å². The summed E-state index contributed by atoms with van der Waals surface area (Å²) in [6.45, 7) is 3.52. The van der Waals surface area contributed by atoms with Crippen LogP contribution in [0, 0.1) is 0 Å². The lowest BCUT2D eigenvalue weighted by Crippen LogP contribution is -2.56. The number of piperazine rings is 1. The Bertz CT molecular complexity index is 1240. The Morgan fingerprint density at radius 2 is 1.92 bits per heavy atom. The maximum Gasteiger partial charge on any atom is 0.318 e. The number of hydrogen-bond donors (Lipinski definition) is 2. The monoisotopic (exact) mass is 507 g/mol. The van der Waals surface area contributed by atoms with E-state index in [0.717, 1.165) is 35.1 Å². The SMILES string of the molecule is Nc1cc(N2CCN(C(=O)NC3CCCCN(Cc4ccccn4)C3=O)CC2)c2ccc(Cl)cc2n1. The molecule has 1 atom stereocenters. The number of benzene rings is 1. The molecule has 0 bridgehead atoms. The highest BCUT2D eigenvalue weighted by atomic mass is 35.5. The second-order valence-electron chi connectivity index (χ2n) is 9.28. The number of urea groups is 1. The van der Waals surface area contributed by atoms with E-state index in [0.29, 0.717) is 56.5 Å². The van der Waals surface area contributed by atoms with Crippen LogP contribution in [-0.4, -0.2) is 70.5 Å². The molecule has 2 fully saturated rings. The second-order valence-corrected chi connectivity index (χ2v) is 9.72. The maximum absolute atomic E-state index is 13.2. The van der Waals surface area contributed by atoms with Gasteiger partial charge in [0.05, 0.1) is 17.8 Å². The predicted octanol–water partition coefficient (Wildman–Crippen LogP) is 3.28. The van der Waals surface area contributed by atoms with Crippen molar-refractivity contribution < 1.29 is 9.59 Å². The van der Waals surface area contributed by atoms with Gasteiger partial charge in [0.25, 0.3) is 0 Å². The van der Waals surface area contributed by atoms with Crippen molar-refractivity contribution in [2.75, 3.05) is 43.4 Å². The fourth-order valence-electron chi connectivity index (χ4n) is 4.94. The highest BCUT2D eigenvalue weighted by molar-refractivity contribution is 6.31. The summed E-state index contributed by atoms with van der Waals surface area (Å²) in [6, 6.07) is 12.4. The number of amides is 3. The van der Waals surface area contributed by atoms with Gasteiger partial charge < -0.3 is 25.8 Å². The minimum atomic E-state index is -0.518. The van der Waals surface area contributed by atoms with E-state index >= 15 is 0 Å². The van der Waals surface area contributed by atoms with Gasteiger partial charge >= 0.3 is 6.03 Å². The van der Waals surface area contributed by atoms with Crippen LogP contribution in [0.1, 0.15) is 25.0 Å². The number of likely N-dealkylation sites (tertiary alicyclic amines) is 1. The highest BCUT2D eigenvalue weighted by Crippen LogP contribution is 2.30. The van der Waals surface area contributed by atoms with E-state index in [2.05, 4.69) is 20.2 Å². The molecule has 9 nitrogen and oxygen atoms in total. The molecule has 2 aliphatic heterocycles. The average Bonchev–Trinajstić information content (AvgIpc) is 3.05. The number of nitrogen functional groups attached to an aromatic ring is 1. The summed E-state index contributed by atoms with van der Waals surface area (Å²) in [5, 5.41) is 4.59. The number of fused-ring (bicyclic) bond motifs is 1. The van der Waals surface area contributed by atoms with Crippen LogP contribution in [0.5, 0.6) is 0 Å². The van der Waals surface area contributed by atoms with Crippen molar-refractivity contribution in [2.45, 2.75) is 31.8 Å². The molecule has 1 unspecified atom stereocenters. The van der Waals surface area contributed by atoms with Crippen LogP contribution in [0.25, 0.3) is 10.9 Å². The van der Waals surface area contributed by atoms with E-state index in [1.54, 1.807) is 17.2 Å². The number of hydrogen-bond acceptors (Lipinski definition) is 6. The molecule has 10 heteroatoms. The van der Waals surface area contributed by atoms with Gasteiger partial charge in [-0.2, -0.15) is 0 Å². The summed E-state index contributed by atoms with van der Waals surface area (Å²) >= 11 is 6.14. The zero-order valence-electron chi connectivity index (χ0n) is 20.1. The van der Waals surface area contributed by atoms with Gasteiger partial charge in [-0.15, -0.1) is 0 Å². The van der Waals surface area contributed by atoms with Gasteiger partial charge in [0.2, 0.25) is 5.91 Å². The van der Waals surface area contributed by atoms with Gasteiger partial charge in [0, 0.05) is 61.1 Å². The molecule has 0 spiro atoms. The van der Waals surface area contributed by atoms with Crippen molar-refractivity contribution in [3.63, 3.8) is 0 Å². The molecule has 4 heterocycles. The number of aromatic nitrogens is 2. The molecule has 3 amide bonds. The second kappa shape index (κ2) is 10.6. The summed E-state index contributed by atoms with van der Waals surface area (Å²) < 4.78 is 0. The van der Waals surface area contributed by atoms with E-state index < -0.39 is 6.04 Å². The Kier molecular flexibility index (Phi) is 7.09. The third kappa shape index (κ3) is 5.31. The van der Waals surface area contributed by atoms with Crippen LogP contribution in [-0.2, 0) is 11.3 Å². The standard InChI is InChI=1S/C26H30ClN7O2/c27-18-7-8-20-22(15-18)30-24(28)16-23(20)32-11-13-33(14-12-32)26(36)31-21-6-2-4-10-34(25(21)35)17-19-5-1-3-9-29-19/h1,3,5,7-9,15-16,21H,2,4,6,10-14,17H2,(H2,28,30)(H,31,36). The Balaban J connectivity index is 1.21. The van der Waals surface area contributed by atoms with Crippen molar-refractivity contribution in [2.24, 2.45) is 0 Å². The number of nitrogens with zero attached hydrogens (tertiary/aromatic N) is 5. The van der Waals surface area contributed by atoms with Crippen molar-refractivity contribution in [3.8, 4) is 0 Å². The third-order valence-corrected chi connectivity index (χ3v) is 7.07. The smallest absolute Gasteiger partial charge is 0.318 e. The molecule has 36 heavy (non-hydrogen) atoms. The summed E-state index contributed by atoms with van der Waals surface area (Å²) in [4.78, 5) is 40.9. The molecular formula is C26H30ClN7O2. The molecule has 2 saturated heterocycles. The summed E-state index contributed by atoms with van der Waals surface area (Å²) in [5.74, 6) is 0.393. The molecule has 0 aliphatic carbocycles. The highest BCUT2D eigenvalue weighted by Gasteiger charge is 2.31. The van der Waals surface area contributed by atoms with Gasteiger partial charge in [-0.25, -0.2) is 9.78 Å². The van der Waals surface area contributed by atoms with E-state index in [4.69, 9.17) is 17.3 Å². The number of pyridine rings is 2. The van der Waals surface area contributed by atoms with Crippen LogP contribution in [0.3, 0.4) is 0 Å². The van der Waals surface area contributed by atoms with Crippen molar-refractivity contribution in [3.05, 3.63) is 59.4 Å². The van der Waals surface area contributed by atoms with Crippen molar-refractivity contribution in [1.82, 2.24) is 25.1 Å². The topological polar surface area (TPSA) is 108 Å². The van der Waals surface area contributed by atoms with Crippen LogP contribution in [0.4, 0.5) is 16.3 Å². The largest absolute Gasteiger partial charge is 0.384 e. The van der Waals surface area contributed by atoms with Gasteiger partial charge in [0.1, 0.15) is 11.9 Å². The first-order valence-electron chi connectivity index (χ1n) is 12.3. The first-order valence-corrected chi connectivity index (χ1v) is 12.7. The van der Waals surface area contributed by atoms with E-state index in [1.807, 2.05) is 41.3 Å². The Morgan fingerprint density at radius 1 is 1.08 bits per heavy atom. The number of carbonyl (C=O) groups is 2. The lowest BCUT2D eigenvalue weighted by Gasteiger charge is -2.37. The lowest BCUT2D eigenvalue weighted by atomic mass is 10.1. The molecule has 3 N–H and O–H groups in total. The molecule has 188 valence electrons. The molecular weight excluding hydrogens is 478 g/mol. The fraction of sp³-hybridized carbons (Fsp3) is 0.385. The number of rotatable bonds is 4. The first kappa shape index (κ1) is 24.1. The zero-order chi connectivity index (χ0) is 25.1. The van der Waals surface area contributed by atoms with Crippen molar-refractivity contribution >= 4 is 45.9 Å². The third-order valence-electron chi connectivity index (χ3n) is 6.83. The van der Waals surface area contributed by atoms with Crippen LogP contribution in [0.2, 0.25) is 5.02 Å². The number of nitrogens with two attached hydrogens (primary N) is 1. The Morgan fingerprint density at radius 3 is 2.69 bits per heavy atom. The maximum atomic E-state index is 13.2. The summed E-state index contributed by atoms with van der Waals surface area (Å²) in [7, 11) is 0. The van der Waals surface area contributed by atoms with Gasteiger partial charge in [-0.1, -0.05) is 17.7 Å². The van der Waals surface area contributed by atoms with E-state index in [1.165, 1.54) is 0 Å². The number of carbonyl (C=O) groups excluding carboxylic acids is 2. The number of nitrogens with one attached hydrogen (secondary N) is 1. The molecule has 5 rings (SSSR count). The average molecular weight is 508 g/mol. The molecule has 2 aromatic heterocycles. The summed E-state index contributed by atoms with van der Waals surface area (Å²) in [6.07, 6.45) is 4.18. The molecule has 0 radical (unpaired) electrons. The predicted molar refractivity (Wildman–Crippen MR) is 141 cm³/mol. The molecule has 0 saturated carbocycles. The van der Waals surface area contributed by atoms with Crippen LogP contribution >= 0.6 is 11.6 Å². The quantitative estimate of drug-likeness (QED) is 0.561. The minimum absolute atomic E-state index is 0.0393. The van der Waals surface area contributed by atoms with Crippen LogP contribution in [0.15, 0.2) is 48.7 Å². The Labute approximate surface area is 215 Å². The fourth-order valence-corrected chi connectivity index (χ4v) is 5.11. The van der Waals surface area contributed by atoms with Gasteiger partial charge in [-0.05, 0) is 49.6 Å². The van der Waals surface area contributed by atoms with Gasteiger partial charge in [-0.3, -0.25) is 9.78 Å². The molecule has 1 aromatic carbocycles. The summed E-state index contributed by atoms with van der Waals surface area (Å²) in [5.41, 5.74) is 8.63. The van der Waals surface area contributed by atoms with Crippen molar-refractivity contribution in [1.29, 1.82) is 0 Å².